The molecule has 2 heteroatoms. The van der Waals surface area contributed by atoms with E-state index in [1.807, 2.05) is 30.3 Å². The van der Waals surface area contributed by atoms with E-state index in [9.17, 15) is 0 Å². The van der Waals surface area contributed by atoms with E-state index in [1.54, 1.807) is 0 Å². The molecule has 1 aliphatic rings. The van der Waals surface area contributed by atoms with Crippen LogP contribution in [0.5, 0.6) is 5.75 Å². The van der Waals surface area contributed by atoms with Crippen LogP contribution >= 0.6 is 0 Å². The van der Waals surface area contributed by atoms with Gasteiger partial charge in [0.25, 0.3) is 0 Å². The summed E-state index contributed by atoms with van der Waals surface area (Å²) >= 11 is 0. The maximum absolute atomic E-state index is 6.03. The zero-order chi connectivity index (χ0) is 11.2. The number of ether oxygens (including phenoxy) is 1. The maximum Gasteiger partial charge on any atom is 0.119 e. The molecule has 1 saturated carbocycles. The molecule has 2 nitrogen and oxygen atoms in total. The van der Waals surface area contributed by atoms with E-state index >= 15 is 0 Å². The average Bonchev–Trinajstić information content (AvgIpc) is 3.12. The standard InChI is InChI=1S/C14H21NO/c15-13(9-8-12-6-7-12)10-11-16-14-4-2-1-3-5-14/h1-5,12-13H,6-11,15H2. The van der Waals surface area contributed by atoms with E-state index in [4.69, 9.17) is 10.5 Å². The molecule has 1 aromatic rings. The van der Waals surface area contributed by atoms with Crippen LogP contribution in [0.1, 0.15) is 32.1 Å². The largest absolute Gasteiger partial charge is 0.494 e. The van der Waals surface area contributed by atoms with Crippen LogP contribution in [-0.2, 0) is 0 Å². The van der Waals surface area contributed by atoms with Crippen molar-refractivity contribution in [3.05, 3.63) is 30.3 Å². The van der Waals surface area contributed by atoms with Gasteiger partial charge in [0.15, 0.2) is 0 Å². The second-order valence-electron chi connectivity index (χ2n) is 4.73. The molecule has 0 radical (unpaired) electrons. The third-order valence-electron chi connectivity index (χ3n) is 3.14. The third-order valence-corrected chi connectivity index (χ3v) is 3.14. The number of rotatable bonds is 7. The first-order chi connectivity index (χ1) is 7.84. The predicted octanol–water partition coefficient (Wildman–Crippen LogP) is 2.97. The van der Waals surface area contributed by atoms with Crippen LogP contribution in [0.15, 0.2) is 30.3 Å². The summed E-state index contributed by atoms with van der Waals surface area (Å²) in [4.78, 5) is 0. The van der Waals surface area contributed by atoms with Gasteiger partial charge in [-0.05, 0) is 37.3 Å². The van der Waals surface area contributed by atoms with Gasteiger partial charge in [-0.3, -0.25) is 0 Å². The van der Waals surface area contributed by atoms with Crippen molar-refractivity contribution in [1.82, 2.24) is 0 Å². The van der Waals surface area contributed by atoms with Gasteiger partial charge in [0.1, 0.15) is 5.75 Å². The highest BCUT2D eigenvalue weighted by atomic mass is 16.5. The topological polar surface area (TPSA) is 35.2 Å². The lowest BCUT2D eigenvalue weighted by atomic mass is 10.1. The SMILES string of the molecule is NC(CCOc1ccccc1)CCC1CC1. The Morgan fingerprint density at radius 1 is 1.19 bits per heavy atom. The summed E-state index contributed by atoms with van der Waals surface area (Å²) in [5.41, 5.74) is 6.03. The molecule has 1 aliphatic carbocycles. The van der Waals surface area contributed by atoms with Crippen LogP contribution in [0, 0.1) is 5.92 Å². The van der Waals surface area contributed by atoms with E-state index in [-0.39, 0.29) is 0 Å². The van der Waals surface area contributed by atoms with Crippen molar-refractivity contribution in [3.63, 3.8) is 0 Å². The van der Waals surface area contributed by atoms with Crippen LogP contribution in [0.2, 0.25) is 0 Å². The number of para-hydroxylation sites is 1. The minimum absolute atomic E-state index is 0.310. The Morgan fingerprint density at radius 3 is 2.62 bits per heavy atom. The van der Waals surface area contributed by atoms with Crippen LogP contribution in [0.25, 0.3) is 0 Å². The normalized spacial score (nSPS) is 17.1. The van der Waals surface area contributed by atoms with Gasteiger partial charge >= 0.3 is 0 Å². The number of hydrogen-bond acceptors (Lipinski definition) is 2. The van der Waals surface area contributed by atoms with Crippen LogP contribution < -0.4 is 10.5 Å². The van der Waals surface area contributed by atoms with Gasteiger partial charge in [0.05, 0.1) is 6.61 Å². The molecule has 16 heavy (non-hydrogen) atoms. The van der Waals surface area contributed by atoms with Crippen LogP contribution in [0.4, 0.5) is 0 Å². The molecule has 0 heterocycles. The molecular formula is C14H21NO. The molecule has 0 bridgehead atoms. The Balaban J connectivity index is 1.56. The Bertz CT molecular complexity index is 295. The number of benzene rings is 1. The Kier molecular flexibility index (Phi) is 4.23. The van der Waals surface area contributed by atoms with E-state index in [1.165, 1.54) is 19.3 Å². The molecule has 1 fully saturated rings. The first-order valence-corrected chi connectivity index (χ1v) is 6.28. The van der Waals surface area contributed by atoms with Gasteiger partial charge in [-0.2, -0.15) is 0 Å². The highest BCUT2D eigenvalue weighted by Crippen LogP contribution is 2.33. The summed E-state index contributed by atoms with van der Waals surface area (Å²) in [7, 11) is 0. The third kappa shape index (κ3) is 4.23. The zero-order valence-corrected chi connectivity index (χ0v) is 9.77. The highest BCUT2D eigenvalue weighted by Gasteiger charge is 2.21. The lowest BCUT2D eigenvalue weighted by molar-refractivity contribution is 0.293. The van der Waals surface area contributed by atoms with E-state index in [2.05, 4.69) is 0 Å². The van der Waals surface area contributed by atoms with Crippen LogP contribution in [-0.4, -0.2) is 12.6 Å². The van der Waals surface area contributed by atoms with Gasteiger partial charge in [0.2, 0.25) is 0 Å². The predicted molar refractivity (Wildman–Crippen MR) is 66.5 cm³/mol. The molecule has 1 aromatic carbocycles. The quantitative estimate of drug-likeness (QED) is 0.765. The van der Waals surface area contributed by atoms with Crippen molar-refractivity contribution < 1.29 is 4.74 Å². The molecule has 1 unspecified atom stereocenters. The van der Waals surface area contributed by atoms with E-state index in [0.29, 0.717) is 6.04 Å². The molecular weight excluding hydrogens is 198 g/mol. The molecule has 0 aromatic heterocycles. The monoisotopic (exact) mass is 219 g/mol. The van der Waals surface area contributed by atoms with E-state index in [0.717, 1.165) is 31.1 Å². The maximum atomic E-state index is 6.03. The van der Waals surface area contributed by atoms with E-state index < -0.39 is 0 Å². The average molecular weight is 219 g/mol. The molecule has 0 saturated heterocycles. The fourth-order valence-corrected chi connectivity index (χ4v) is 1.85. The molecule has 2 N–H and O–H groups in total. The molecule has 0 amide bonds. The smallest absolute Gasteiger partial charge is 0.119 e. The van der Waals surface area contributed by atoms with Crippen molar-refractivity contribution in [1.29, 1.82) is 0 Å². The molecule has 0 spiro atoms. The second kappa shape index (κ2) is 5.90. The highest BCUT2D eigenvalue weighted by molar-refractivity contribution is 5.20. The minimum Gasteiger partial charge on any atom is -0.494 e. The first-order valence-electron chi connectivity index (χ1n) is 6.28. The van der Waals surface area contributed by atoms with Crippen molar-refractivity contribution in [2.24, 2.45) is 11.7 Å². The molecule has 1 atom stereocenters. The zero-order valence-electron chi connectivity index (χ0n) is 9.77. The van der Waals surface area contributed by atoms with Crippen molar-refractivity contribution in [2.45, 2.75) is 38.1 Å². The fraction of sp³-hybridized carbons (Fsp3) is 0.571. The van der Waals surface area contributed by atoms with Crippen LogP contribution in [0.3, 0.4) is 0 Å². The second-order valence-corrected chi connectivity index (χ2v) is 4.73. The lowest BCUT2D eigenvalue weighted by Gasteiger charge is -2.12. The Morgan fingerprint density at radius 2 is 1.94 bits per heavy atom. The summed E-state index contributed by atoms with van der Waals surface area (Å²) in [5.74, 6) is 1.93. The minimum atomic E-state index is 0.310. The van der Waals surface area contributed by atoms with Gasteiger partial charge in [-0.25, -0.2) is 0 Å². The molecule has 88 valence electrons. The molecule has 2 rings (SSSR count). The van der Waals surface area contributed by atoms with Gasteiger partial charge in [-0.15, -0.1) is 0 Å². The Labute approximate surface area is 97.8 Å². The number of hydrogen-bond donors (Lipinski definition) is 1. The van der Waals surface area contributed by atoms with Gasteiger partial charge in [0, 0.05) is 6.04 Å². The fourth-order valence-electron chi connectivity index (χ4n) is 1.85. The summed E-state index contributed by atoms with van der Waals surface area (Å²) in [5, 5.41) is 0. The number of nitrogens with two attached hydrogens (primary N) is 1. The van der Waals surface area contributed by atoms with Crippen molar-refractivity contribution in [3.8, 4) is 5.75 Å². The molecule has 0 aliphatic heterocycles. The Hall–Kier alpha value is -1.02. The summed E-state index contributed by atoms with van der Waals surface area (Å²) in [6, 6.07) is 10.2. The first kappa shape index (κ1) is 11.5. The summed E-state index contributed by atoms with van der Waals surface area (Å²) in [6.45, 7) is 0.732. The summed E-state index contributed by atoms with van der Waals surface area (Å²) < 4.78 is 5.62. The summed E-state index contributed by atoms with van der Waals surface area (Å²) in [6.07, 6.45) is 6.28. The van der Waals surface area contributed by atoms with Crippen molar-refractivity contribution in [2.75, 3.05) is 6.61 Å². The lowest BCUT2D eigenvalue weighted by Crippen LogP contribution is -2.22. The van der Waals surface area contributed by atoms with Crippen molar-refractivity contribution >= 4 is 0 Å². The van der Waals surface area contributed by atoms with Gasteiger partial charge in [-0.1, -0.05) is 31.0 Å². The van der Waals surface area contributed by atoms with Gasteiger partial charge < -0.3 is 10.5 Å².